The Morgan fingerprint density at radius 3 is 2.55 bits per heavy atom. The van der Waals surface area contributed by atoms with Gasteiger partial charge in [-0.15, -0.1) is 0 Å². The molecule has 202 valence electrons. The Bertz CT molecular complexity index is 1780. The van der Waals surface area contributed by atoms with Gasteiger partial charge in [0.05, 0.1) is 28.8 Å². The smallest absolute Gasteiger partial charge is 0.196 e. The predicted octanol–water partition coefficient (Wildman–Crippen LogP) is 6.31. The second-order valence-corrected chi connectivity index (χ2v) is 10.4. The van der Waals surface area contributed by atoms with Crippen LogP contribution in [-0.4, -0.2) is 16.1 Å². The molecular formula is C33H31FN4O2. The Labute approximate surface area is 232 Å². The Balaban J connectivity index is 1.80. The highest BCUT2D eigenvalue weighted by atomic mass is 19.1. The molecule has 0 spiro atoms. The lowest BCUT2D eigenvalue weighted by Crippen LogP contribution is -2.23. The van der Waals surface area contributed by atoms with Gasteiger partial charge < -0.3 is 14.7 Å². The van der Waals surface area contributed by atoms with Gasteiger partial charge in [-0.25, -0.2) is 9.37 Å². The van der Waals surface area contributed by atoms with Crippen LogP contribution in [0.2, 0.25) is 0 Å². The number of fused-ring (bicyclic) bond motifs is 1. The molecule has 1 unspecified atom stereocenters. The van der Waals surface area contributed by atoms with E-state index in [9.17, 15) is 14.4 Å². The summed E-state index contributed by atoms with van der Waals surface area (Å²) in [5, 5.41) is 9.92. The van der Waals surface area contributed by atoms with Gasteiger partial charge in [-0.2, -0.15) is 5.26 Å². The number of benzene rings is 3. The molecule has 0 amide bonds. The molecule has 0 aliphatic heterocycles. The fourth-order valence-corrected chi connectivity index (χ4v) is 5.15. The third-order valence-corrected chi connectivity index (χ3v) is 7.18. The average molecular weight is 535 g/mol. The summed E-state index contributed by atoms with van der Waals surface area (Å²) in [4.78, 5) is 18.9. The SMILES string of the molecule is Cc1ccc(-c2nc(CCN)cn2C(c2oc3cc(C#N)ccc3c(=O)c2Cc2ccccc2)C(C)C)cc1F. The number of aryl methyl sites for hydroxylation is 1. The van der Waals surface area contributed by atoms with E-state index in [0.717, 1.165) is 11.3 Å². The third-order valence-electron chi connectivity index (χ3n) is 7.18. The summed E-state index contributed by atoms with van der Waals surface area (Å²) in [5.74, 6) is 0.708. The lowest BCUT2D eigenvalue weighted by Gasteiger charge is -2.26. The molecule has 5 aromatic rings. The first-order valence-electron chi connectivity index (χ1n) is 13.4. The highest BCUT2D eigenvalue weighted by Gasteiger charge is 2.30. The minimum absolute atomic E-state index is 0.0387. The van der Waals surface area contributed by atoms with Gasteiger partial charge in [-0.1, -0.05) is 56.3 Å². The maximum absolute atomic E-state index is 14.7. The highest BCUT2D eigenvalue weighted by Crippen LogP contribution is 2.36. The first kappa shape index (κ1) is 27.0. The lowest BCUT2D eigenvalue weighted by atomic mass is 9.93. The van der Waals surface area contributed by atoms with Crippen molar-refractivity contribution in [3.63, 3.8) is 0 Å². The minimum atomic E-state index is -0.444. The van der Waals surface area contributed by atoms with E-state index in [2.05, 4.69) is 19.9 Å². The molecule has 1 atom stereocenters. The largest absolute Gasteiger partial charge is 0.458 e. The molecule has 0 aliphatic carbocycles. The van der Waals surface area contributed by atoms with E-state index in [1.807, 2.05) is 47.2 Å². The van der Waals surface area contributed by atoms with E-state index < -0.39 is 6.04 Å². The molecule has 7 heteroatoms. The van der Waals surface area contributed by atoms with E-state index in [4.69, 9.17) is 15.1 Å². The summed E-state index contributed by atoms with van der Waals surface area (Å²) >= 11 is 0. The maximum Gasteiger partial charge on any atom is 0.196 e. The quantitative estimate of drug-likeness (QED) is 0.251. The van der Waals surface area contributed by atoms with Gasteiger partial charge in [-0.3, -0.25) is 4.79 Å². The van der Waals surface area contributed by atoms with Gasteiger partial charge >= 0.3 is 0 Å². The van der Waals surface area contributed by atoms with Gasteiger partial charge in [0.1, 0.15) is 23.0 Å². The molecule has 2 N–H and O–H groups in total. The third kappa shape index (κ3) is 5.18. The number of rotatable bonds is 8. The standard InChI is InChI=1S/C33H31FN4O2/c1-20(2)30(38-19-25(13-14-35)37-33(38)24-11-9-21(3)28(34)17-24)32-27(15-22-7-5-4-6-8-22)31(39)26-12-10-23(18-36)16-29(26)40-32/h4-12,16-17,19-20,30H,13-15,35H2,1-3H3. The topological polar surface area (TPSA) is 97.8 Å². The van der Waals surface area contributed by atoms with Crippen molar-refractivity contribution in [1.82, 2.24) is 9.55 Å². The zero-order valence-electron chi connectivity index (χ0n) is 22.8. The summed E-state index contributed by atoms with van der Waals surface area (Å²) in [6.07, 6.45) is 2.84. The van der Waals surface area contributed by atoms with Gasteiger partial charge in [0.25, 0.3) is 0 Å². The van der Waals surface area contributed by atoms with E-state index >= 15 is 0 Å². The second-order valence-electron chi connectivity index (χ2n) is 10.4. The summed E-state index contributed by atoms with van der Waals surface area (Å²) in [5.41, 5.74) is 9.94. The van der Waals surface area contributed by atoms with Crippen molar-refractivity contribution >= 4 is 11.0 Å². The number of halogens is 1. The molecule has 0 fully saturated rings. The van der Waals surface area contributed by atoms with Gasteiger partial charge in [0, 0.05) is 30.2 Å². The van der Waals surface area contributed by atoms with E-state index in [1.54, 1.807) is 31.2 Å². The molecule has 2 aromatic heterocycles. The van der Waals surface area contributed by atoms with E-state index in [-0.39, 0.29) is 17.2 Å². The Morgan fingerprint density at radius 2 is 1.88 bits per heavy atom. The highest BCUT2D eigenvalue weighted by molar-refractivity contribution is 5.79. The second kappa shape index (κ2) is 11.3. The van der Waals surface area contributed by atoms with E-state index in [1.165, 1.54) is 6.07 Å². The van der Waals surface area contributed by atoms with Crippen LogP contribution >= 0.6 is 0 Å². The molecule has 5 rings (SSSR count). The van der Waals surface area contributed by atoms with Crippen molar-refractivity contribution < 1.29 is 8.81 Å². The number of nitrogens with two attached hydrogens (primary N) is 1. The van der Waals surface area contributed by atoms with Crippen molar-refractivity contribution in [1.29, 1.82) is 5.26 Å². The van der Waals surface area contributed by atoms with Crippen LogP contribution in [0.4, 0.5) is 4.39 Å². The normalized spacial score (nSPS) is 12.1. The van der Waals surface area contributed by atoms with Crippen LogP contribution in [0.1, 0.15) is 53.6 Å². The van der Waals surface area contributed by atoms with Crippen LogP contribution in [0.3, 0.4) is 0 Å². The number of imidazole rings is 1. The zero-order valence-corrected chi connectivity index (χ0v) is 22.8. The fraction of sp³-hybridized carbons (Fsp3) is 0.242. The number of nitrogens with zero attached hydrogens (tertiary/aromatic N) is 3. The van der Waals surface area contributed by atoms with Crippen LogP contribution in [0.15, 0.2) is 82.1 Å². The molecule has 0 saturated carbocycles. The van der Waals surface area contributed by atoms with Gasteiger partial charge in [-0.05, 0) is 54.8 Å². The van der Waals surface area contributed by atoms with Crippen molar-refractivity contribution in [2.45, 2.75) is 39.7 Å². The summed E-state index contributed by atoms with van der Waals surface area (Å²) in [7, 11) is 0. The maximum atomic E-state index is 14.7. The molecule has 0 aliphatic rings. The Morgan fingerprint density at radius 1 is 1.10 bits per heavy atom. The van der Waals surface area contributed by atoms with Crippen LogP contribution < -0.4 is 11.2 Å². The molecule has 6 nitrogen and oxygen atoms in total. The molecule has 0 bridgehead atoms. The zero-order chi connectivity index (χ0) is 28.4. The summed E-state index contributed by atoms with van der Waals surface area (Å²) in [6, 6.07) is 21.4. The van der Waals surface area contributed by atoms with E-state index in [0.29, 0.717) is 64.2 Å². The van der Waals surface area contributed by atoms with Crippen LogP contribution in [0.25, 0.3) is 22.4 Å². The Hall–Kier alpha value is -4.54. The van der Waals surface area contributed by atoms with Gasteiger partial charge in [0.2, 0.25) is 0 Å². The minimum Gasteiger partial charge on any atom is -0.458 e. The van der Waals surface area contributed by atoms with Crippen molar-refractivity contribution in [3.8, 4) is 17.5 Å². The van der Waals surface area contributed by atoms with Crippen molar-refractivity contribution in [2.24, 2.45) is 11.7 Å². The first-order chi connectivity index (χ1) is 19.3. The van der Waals surface area contributed by atoms with Crippen molar-refractivity contribution in [2.75, 3.05) is 6.54 Å². The van der Waals surface area contributed by atoms with Crippen molar-refractivity contribution in [3.05, 3.63) is 123 Å². The van der Waals surface area contributed by atoms with Gasteiger partial charge in [0.15, 0.2) is 5.43 Å². The number of hydrogen-bond acceptors (Lipinski definition) is 5. The summed E-state index contributed by atoms with van der Waals surface area (Å²) < 4.78 is 23.2. The first-order valence-corrected chi connectivity index (χ1v) is 13.4. The molecule has 3 aromatic carbocycles. The summed E-state index contributed by atoms with van der Waals surface area (Å²) in [6.45, 7) is 6.23. The Kier molecular flexibility index (Phi) is 7.63. The predicted molar refractivity (Wildman–Crippen MR) is 155 cm³/mol. The fourth-order valence-electron chi connectivity index (χ4n) is 5.15. The molecule has 2 heterocycles. The average Bonchev–Trinajstić information content (AvgIpc) is 3.35. The number of hydrogen-bond donors (Lipinski definition) is 1. The van der Waals surface area contributed by atoms with Crippen LogP contribution in [0.5, 0.6) is 0 Å². The number of nitriles is 1. The van der Waals surface area contributed by atoms with Crippen LogP contribution in [-0.2, 0) is 12.8 Å². The molecular weight excluding hydrogens is 503 g/mol. The monoisotopic (exact) mass is 534 g/mol. The molecule has 0 saturated heterocycles. The molecule has 40 heavy (non-hydrogen) atoms. The molecule has 0 radical (unpaired) electrons. The van der Waals surface area contributed by atoms with Crippen LogP contribution in [0, 0.1) is 30.0 Å². The number of aromatic nitrogens is 2. The lowest BCUT2D eigenvalue weighted by molar-refractivity contribution is 0.359.